The van der Waals surface area contributed by atoms with E-state index in [1.54, 1.807) is 12.1 Å². The molecule has 0 aliphatic heterocycles. The number of methoxy groups -OCH3 is 1. The number of hydrogen-bond acceptors (Lipinski definition) is 3. The van der Waals surface area contributed by atoms with E-state index in [1.165, 1.54) is 7.11 Å². The van der Waals surface area contributed by atoms with Crippen molar-refractivity contribution in [3.05, 3.63) is 22.2 Å². The molecule has 14 heavy (non-hydrogen) atoms. The fraction of sp³-hybridized carbons (Fsp3) is 0.400. The Kier molecular flexibility index (Phi) is 3.77. The number of nitrogens with two attached hydrogens (primary N) is 1. The monoisotopic (exact) mass is 259 g/mol. The molecule has 1 unspecified atom stereocenters. The maximum atomic E-state index is 9.48. The second-order valence-corrected chi connectivity index (χ2v) is 4.04. The Balaban J connectivity index is 3.17. The molecule has 0 bridgehead atoms. The highest BCUT2D eigenvalue weighted by atomic mass is 79.9. The molecule has 3 nitrogen and oxygen atoms in total. The van der Waals surface area contributed by atoms with Gasteiger partial charge in [0.25, 0.3) is 0 Å². The minimum absolute atomic E-state index is 0.132. The van der Waals surface area contributed by atoms with Crippen LogP contribution in [0.1, 0.15) is 18.4 Å². The van der Waals surface area contributed by atoms with Gasteiger partial charge in [-0.3, -0.25) is 0 Å². The van der Waals surface area contributed by atoms with Crippen molar-refractivity contribution in [3.8, 4) is 11.5 Å². The van der Waals surface area contributed by atoms with Gasteiger partial charge in [-0.25, -0.2) is 0 Å². The van der Waals surface area contributed by atoms with Gasteiger partial charge in [0, 0.05) is 4.47 Å². The van der Waals surface area contributed by atoms with Gasteiger partial charge in [-0.2, -0.15) is 0 Å². The van der Waals surface area contributed by atoms with Crippen LogP contribution in [0, 0.1) is 0 Å². The molecule has 0 fully saturated rings. The number of benzene rings is 1. The van der Waals surface area contributed by atoms with Gasteiger partial charge in [-0.15, -0.1) is 0 Å². The Labute approximate surface area is 92.0 Å². The first-order chi connectivity index (χ1) is 6.60. The maximum absolute atomic E-state index is 9.48. The minimum atomic E-state index is 0.132. The molecule has 0 aliphatic carbocycles. The molecule has 1 aromatic carbocycles. The van der Waals surface area contributed by atoms with Crippen LogP contribution in [0.3, 0.4) is 0 Å². The molecule has 0 saturated heterocycles. The van der Waals surface area contributed by atoms with Crippen LogP contribution >= 0.6 is 15.9 Å². The Hall–Kier alpha value is -0.740. The Bertz CT molecular complexity index is 328. The molecule has 4 heteroatoms. The summed E-state index contributed by atoms with van der Waals surface area (Å²) in [7, 11) is 1.53. The predicted molar refractivity (Wildman–Crippen MR) is 59.8 cm³/mol. The molecule has 0 radical (unpaired) electrons. The number of hydrogen-bond donors (Lipinski definition) is 2. The van der Waals surface area contributed by atoms with Crippen LogP contribution in [-0.4, -0.2) is 18.8 Å². The standard InChI is InChI=1S/C10H14BrNO2/c1-6(5-12)7-3-10(14-2)9(13)4-8(7)11/h3-4,6,13H,5,12H2,1-2H3. The van der Waals surface area contributed by atoms with E-state index in [0.717, 1.165) is 10.0 Å². The largest absolute Gasteiger partial charge is 0.504 e. The lowest BCUT2D eigenvalue weighted by molar-refractivity contribution is 0.372. The lowest BCUT2D eigenvalue weighted by atomic mass is 10.0. The zero-order valence-corrected chi connectivity index (χ0v) is 9.84. The Morgan fingerprint density at radius 3 is 2.71 bits per heavy atom. The van der Waals surface area contributed by atoms with Gasteiger partial charge in [0.1, 0.15) is 0 Å². The molecule has 1 rings (SSSR count). The summed E-state index contributed by atoms with van der Waals surface area (Å²) in [6.07, 6.45) is 0. The number of halogens is 1. The van der Waals surface area contributed by atoms with Crippen molar-refractivity contribution in [2.75, 3.05) is 13.7 Å². The highest BCUT2D eigenvalue weighted by molar-refractivity contribution is 9.10. The average Bonchev–Trinajstić information content (AvgIpc) is 2.17. The normalized spacial score (nSPS) is 12.6. The van der Waals surface area contributed by atoms with E-state index in [2.05, 4.69) is 15.9 Å². The molecule has 0 heterocycles. The third kappa shape index (κ3) is 2.19. The van der Waals surface area contributed by atoms with Gasteiger partial charge < -0.3 is 15.6 Å². The molecular weight excluding hydrogens is 246 g/mol. The van der Waals surface area contributed by atoms with Crippen molar-refractivity contribution in [1.82, 2.24) is 0 Å². The van der Waals surface area contributed by atoms with Crippen molar-refractivity contribution in [2.45, 2.75) is 12.8 Å². The fourth-order valence-electron chi connectivity index (χ4n) is 1.23. The number of aromatic hydroxyl groups is 1. The number of phenolic OH excluding ortho intramolecular Hbond substituents is 1. The van der Waals surface area contributed by atoms with Gasteiger partial charge in [-0.1, -0.05) is 22.9 Å². The first kappa shape index (κ1) is 11.3. The van der Waals surface area contributed by atoms with Gasteiger partial charge in [0.15, 0.2) is 11.5 Å². The highest BCUT2D eigenvalue weighted by Crippen LogP contribution is 2.35. The van der Waals surface area contributed by atoms with Crippen LogP contribution in [0.2, 0.25) is 0 Å². The van der Waals surface area contributed by atoms with E-state index in [1.807, 2.05) is 6.92 Å². The van der Waals surface area contributed by atoms with Gasteiger partial charge in [0.05, 0.1) is 7.11 Å². The molecule has 3 N–H and O–H groups in total. The van der Waals surface area contributed by atoms with E-state index >= 15 is 0 Å². The van der Waals surface area contributed by atoms with E-state index in [9.17, 15) is 5.11 Å². The molecule has 0 aliphatic rings. The fourth-order valence-corrected chi connectivity index (χ4v) is 1.95. The predicted octanol–water partition coefficient (Wildman–Crippen LogP) is 2.23. The van der Waals surface area contributed by atoms with Crippen molar-refractivity contribution in [3.63, 3.8) is 0 Å². The van der Waals surface area contributed by atoms with E-state index in [0.29, 0.717) is 12.3 Å². The van der Waals surface area contributed by atoms with Crippen molar-refractivity contribution < 1.29 is 9.84 Å². The van der Waals surface area contributed by atoms with Crippen LogP contribution in [0.25, 0.3) is 0 Å². The quantitative estimate of drug-likeness (QED) is 0.876. The van der Waals surface area contributed by atoms with Crippen molar-refractivity contribution in [1.29, 1.82) is 0 Å². The molecule has 0 amide bonds. The second-order valence-electron chi connectivity index (χ2n) is 3.18. The number of rotatable bonds is 3. The first-order valence-corrected chi connectivity index (χ1v) is 5.16. The Morgan fingerprint density at radius 1 is 1.57 bits per heavy atom. The zero-order chi connectivity index (χ0) is 10.7. The minimum Gasteiger partial charge on any atom is -0.504 e. The molecule has 0 spiro atoms. The first-order valence-electron chi connectivity index (χ1n) is 4.36. The number of ether oxygens (including phenoxy) is 1. The maximum Gasteiger partial charge on any atom is 0.160 e. The topological polar surface area (TPSA) is 55.5 Å². The zero-order valence-electron chi connectivity index (χ0n) is 8.25. The van der Waals surface area contributed by atoms with E-state index in [-0.39, 0.29) is 11.7 Å². The Morgan fingerprint density at radius 2 is 2.21 bits per heavy atom. The summed E-state index contributed by atoms with van der Waals surface area (Å²) in [6.45, 7) is 2.59. The van der Waals surface area contributed by atoms with Gasteiger partial charge in [0.2, 0.25) is 0 Å². The van der Waals surface area contributed by atoms with Crippen LogP contribution in [0.5, 0.6) is 11.5 Å². The smallest absolute Gasteiger partial charge is 0.160 e. The summed E-state index contributed by atoms with van der Waals surface area (Å²) in [5.41, 5.74) is 6.62. The SMILES string of the molecule is COc1cc(C(C)CN)c(Br)cc1O. The van der Waals surface area contributed by atoms with Gasteiger partial charge in [-0.05, 0) is 30.2 Å². The number of phenols is 1. The molecular formula is C10H14BrNO2. The third-order valence-corrected chi connectivity index (χ3v) is 2.87. The van der Waals surface area contributed by atoms with Crippen molar-refractivity contribution >= 4 is 15.9 Å². The summed E-state index contributed by atoms with van der Waals surface area (Å²) in [5, 5.41) is 9.48. The molecule has 1 aromatic rings. The lowest BCUT2D eigenvalue weighted by Gasteiger charge is -2.13. The summed E-state index contributed by atoms with van der Waals surface area (Å²) in [4.78, 5) is 0. The molecule has 0 aromatic heterocycles. The van der Waals surface area contributed by atoms with Crippen LogP contribution in [0.4, 0.5) is 0 Å². The molecule has 1 atom stereocenters. The van der Waals surface area contributed by atoms with E-state index in [4.69, 9.17) is 10.5 Å². The average molecular weight is 260 g/mol. The summed E-state index contributed by atoms with van der Waals surface area (Å²) >= 11 is 3.38. The lowest BCUT2D eigenvalue weighted by Crippen LogP contribution is -2.09. The third-order valence-electron chi connectivity index (χ3n) is 2.18. The van der Waals surface area contributed by atoms with Crippen LogP contribution < -0.4 is 10.5 Å². The summed E-state index contributed by atoms with van der Waals surface area (Å²) in [5.74, 6) is 0.842. The van der Waals surface area contributed by atoms with Crippen LogP contribution in [0.15, 0.2) is 16.6 Å². The second kappa shape index (κ2) is 4.66. The summed E-state index contributed by atoms with van der Waals surface area (Å²) in [6, 6.07) is 3.43. The molecule has 78 valence electrons. The van der Waals surface area contributed by atoms with Gasteiger partial charge >= 0.3 is 0 Å². The van der Waals surface area contributed by atoms with Crippen molar-refractivity contribution in [2.24, 2.45) is 5.73 Å². The molecule has 0 saturated carbocycles. The summed E-state index contributed by atoms with van der Waals surface area (Å²) < 4.78 is 5.88. The van der Waals surface area contributed by atoms with E-state index < -0.39 is 0 Å². The van der Waals surface area contributed by atoms with Crippen LogP contribution in [-0.2, 0) is 0 Å². The highest BCUT2D eigenvalue weighted by Gasteiger charge is 2.12.